The number of rotatable bonds is 5. The van der Waals surface area contributed by atoms with Crippen LogP contribution >= 0.6 is 0 Å². The summed E-state index contributed by atoms with van der Waals surface area (Å²) >= 11 is 0. The van der Waals surface area contributed by atoms with E-state index in [0.717, 1.165) is 38.2 Å². The molecule has 1 aromatic carbocycles. The summed E-state index contributed by atoms with van der Waals surface area (Å²) in [5.41, 5.74) is 2.91. The number of nitrogens with zero attached hydrogens (tertiary/aromatic N) is 4. The summed E-state index contributed by atoms with van der Waals surface area (Å²) in [5, 5.41) is 15.7. The van der Waals surface area contributed by atoms with Gasteiger partial charge in [-0.05, 0) is 53.3 Å². The highest BCUT2D eigenvalue weighted by Crippen LogP contribution is 2.28. The first kappa shape index (κ1) is 14.2. The average Bonchev–Trinajstić information content (AvgIpc) is 2.95. The highest BCUT2D eigenvalue weighted by atomic mass is 15.6. The Morgan fingerprint density at radius 1 is 1.29 bits per heavy atom. The third kappa shape index (κ3) is 3.29. The molecule has 0 aliphatic heterocycles. The van der Waals surface area contributed by atoms with Gasteiger partial charge in [-0.15, -0.1) is 5.10 Å². The summed E-state index contributed by atoms with van der Waals surface area (Å²) in [6, 6.07) is 9.08. The van der Waals surface area contributed by atoms with Crippen molar-refractivity contribution < 1.29 is 0 Å². The van der Waals surface area contributed by atoms with Crippen LogP contribution < -0.4 is 5.32 Å². The van der Waals surface area contributed by atoms with Gasteiger partial charge in [-0.2, -0.15) is 0 Å². The number of hydrogen-bond acceptors (Lipinski definition) is 4. The lowest BCUT2D eigenvalue weighted by molar-refractivity contribution is 0.378. The van der Waals surface area contributed by atoms with Crippen molar-refractivity contribution >= 4 is 0 Å². The van der Waals surface area contributed by atoms with Gasteiger partial charge in [0.05, 0.1) is 12.6 Å². The third-order valence-electron chi connectivity index (χ3n) is 4.06. The first-order valence-electron chi connectivity index (χ1n) is 7.78. The number of nitrogens with one attached hydrogen (secondary N) is 1. The van der Waals surface area contributed by atoms with E-state index in [4.69, 9.17) is 0 Å². The van der Waals surface area contributed by atoms with Gasteiger partial charge in [0.2, 0.25) is 0 Å². The fraction of sp³-hybridized carbons (Fsp3) is 0.562. The van der Waals surface area contributed by atoms with Gasteiger partial charge in [-0.1, -0.05) is 38.1 Å². The molecule has 0 radical (unpaired) electrons. The number of tetrazole rings is 1. The zero-order chi connectivity index (χ0) is 14.7. The van der Waals surface area contributed by atoms with E-state index in [0.29, 0.717) is 12.0 Å². The van der Waals surface area contributed by atoms with Crippen LogP contribution in [-0.2, 0) is 19.4 Å². The second-order valence-electron chi connectivity index (χ2n) is 6.23. The summed E-state index contributed by atoms with van der Waals surface area (Å²) in [6.45, 7) is 6.13. The molecule has 0 spiro atoms. The van der Waals surface area contributed by atoms with Crippen LogP contribution in [0.25, 0.3) is 0 Å². The SMILES string of the molecule is CC(C)CNCc1nnnn1C1CCc2ccccc2C1. The van der Waals surface area contributed by atoms with E-state index in [1.165, 1.54) is 11.1 Å². The molecule has 1 atom stereocenters. The Balaban J connectivity index is 1.69. The molecule has 0 saturated heterocycles. The number of hydrogen-bond donors (Lipinski definition) is 1. The maximum Gasteiger partial charge on any atom is 0.165 e. The van der Waals surface area contributed by atoms with Crippen LogP contribution in [0.4, 0.5) is 0 Å². The topological polar surface area (TPSA) is 55.6 Å². The summed E-state index contributed by atoms with van der Waals surface area (Å²) in [5.74, 6) is 1.58. The molecule has 5 heteroatoms. The molecular formula is C16H23N5. The second-order valence-corrected chi connectivity index (χ2v) is 6.23. The fourth-order valence-corrected chi connectivity index (χ4v) is 2.97. The van der Waals surface area contributed by atoms with E-state index < -0.39 is 0 Å². The van der Waals surface area contributed by atoms with Crippen LogP contribution in [0.2, 0.25) is 0 Å². The quantitative estimate of drug-likeness (QED) is 0.914. The van der Waals surface area contributed by atoms with Crippen molar-refractivity contribution in [1.29, 1.82) is 0 Å². The van der Waals surface area contributed by atoms with Crippen LogP contribution in [0, 0.1) is 5.92 Å². The molecule has 0 fully saturated rings. The minimum absolute atomic E-state index is 0.380. The molecule has 3 rings (SSSR count). The summed E-state index contributed by atoms with van der Waals surface area (Å²) in [4.78, 5) is 0. The molecule has 5 nitrogen and oxygen atoms in total. The van der Waals surface area contributed by atoms with Crippen LogP contribution in [0.5, 0.6) is 0 Å². The fourth-order valence-electron chi connectivity index (χ4n) is 2.97. The third-order valence-corrected chi connectivity index (χ3v) is 4.06. The van der Waals surface area contributed by atoms with E-state index in [1.807, 2.05) is 4.68 Å². The Kier molecular flexibility index (Phi) is 4.29. The lowest BCUT2D eigenvalue weighted by atomic mass is 9.88. The van der Waals surface area contributed by atoms with Gasteiger partial charge in [-0.25, -0.2) is 4.68 Å². The first-order chi connectivity index (χ1) is 10.2. The standard InChI is InChI=1S/C16H23N5/c1-12(2)10-17-11-16-18-19-20-21(16)15-8-7-13-5-3-4-6-14(13)9-15/h3-6,12,15,17H,7-11H2,1-2H3. The molecule has 2 aromatic rings. The Hall–Kier alpha value is -1.75. The molecule has 1 aliphatic rings. The minimum atomic E-state index is 0.380. The lowest BCUT2D eigenvalue weighted by Crippen LogP contribution is -2.26. The minimum Gasteiger partial charge on any atom is -0.310 e. The molecule has 112 valence electrons. The summed E-state index contributed by atoms with van der Waals surface area (Å²) < 4.78 is 2.02. The van der Waals surface area contributed by atoms with Gasteiger partial charge in [0, 0.05) is 0 Å². The van der Waals surface area contributed by atoms with Crippen molar-refractivity contribution in [2.75, 3.05) is 6.54 Å². The monoisotopic (exact) mass is 285 g/mol. The van der Waals surface area contributed by atoms with Gasteiger partial charge in [-0.3, -0.25) is 0 Å². The maximum absolute atomic E-state index is 4.23. The maximum atomic E-state index is 4.23. The van der Waals surface area contributed by atoms with Gasteiger partial charge in [0.1, 0.15) is 0 Å². The number of aromatic nitrogens is 4. The highest BCUT2D eigenvalue weighted by Gasteiger charge is 2.23. The number of aryl methyl sites for hydroxylation is 1. The Labute approximate surface area is 125 Å². The Bertz CT molecular complexity index is 590. The molecule has 1 heterocycles. The average molecular weight is 285 g/mol. The van der Waals surface area contributed by atoms with E-state index in [1.54, 1.807) is 0 Å². The van der Waals surface area contributed by atoms with E-state index in [2.05, 4.69) is 59.0 Å². The van der Waals surface area contributed by atoms with E-state index in [9.17, 15) is 0 Å². The molecule has 1 aromatic heterocycles. The highest BCUT2D eigenvalue weighted by molar-refractivity contribution is 5.30. The normalized spacial score (nSPS) is 18.0. The molecule has 0 amide bonds. The van der Waals surface area contributed by atoms with Crippen molar-refractivity contribution in [3.05, 3.63) is 41.2 Å². The number of fused-ring (bicyclic) bond motifs is 1. The number of benzene rings is 1. The zero-order valence-corrected chi connectivity index (χ0v) is 12.8. The molecule has 21 heavy (non-hydrogen) atoms. The molecule has 1 unspecified atom stereocenters. The second kappa shape index (κ2) is 6.35. The van der Waals surface area contributed by atoms with Crippen molar-refractivity contribution in [2.24, 2.45) is 5.92 Å². The van der Waals surface area contributed by atoms with Gasteiger partial charge < -0.3 is 5.32 Å². The van der Waals surface area contributed by atoms with Crippen molar-refractivity contribution in [3.8, 4) is 0 Å². The van der Waals surface area contributed by atoms with Crippen molar-refractivity contribution in [1.82, 2.24) is 25.5 Å². The summed E-state index contributed by atoms with van der Waals surface area (Å²) in [7, 11) is 0. The Morgan fingerprint density at radius 2 is 2.10 bits per heavy atom. The lowest BCUT2D eigenvalue weighted by Gasteiger charge is -2.25. The van der Waals surface area contributed by atoms with E-state index in [-0.39, 0.29) is 0 Å². The predicted octanol–water partition coefficient (Wildman–Crippen LogP) is 2.15. The van der Waals surface area contributed by atoms with E-state index >= 15 is 0 Å². The smallest absolute Gasteiger partial charge is 0.165 e. The molecule has 1 N–H and O–H groups in total. The largest absolute Gasteiger partial charge is 0.310 e. The Morgan fingerprint density at radius 3 is 2.90 bits per heavy atom. The van der Waals surface area contributed by atoms with Crippen LogP contribution in [0.3, 0.4) is 0 Å². The molecule has 0 bridgehead atoms. The van der Waals surface area contributed by atoms with Crippen LogP contribution in [-0.4, -0.2) is 26.8 Å². The van der Waals surface area contributed by atoms with Crippen LogP contribution in [0.1, 0.15) is 43.3 Å². The van der Waals surface area contributed by atoms with Crippen LogP contribution in [0.15, 0.2) is 24.3 Å². The zero-order valence-electron chi connectivity index (χ0n) is 12.8. The molecule has 1 aliphatic carbocycles. The van der Waals surface area contributed by atoms with Gasteiger partial charge >= 0.3 is 0 Å². The first-order valence-corrected chi connectivity index (χ1v) is 7.78. The summed E-state index contributed by atoms with van der Waals surface area (Å²) in [6.07, 6.45) is 3.25. The van der Waals surface area contributed by atoms with Crippen molar-refractivity contribution in [3.63, 3.8) is 0 Å². The van der Waals surface area contributed by atoms with Crippen molar-refractivity contribution in [2.45, 2.75) is 45.7 Å². The molecule has 0 saturated carbocycles. The predicted molar refractivity (Wildman–Crippen MR) is 81.9 cm³/mol. The van der Waals surface area contributed by atoms with Gasteiger partial charge in [0.15, 0.2) is 5.82 Å². The molecular weight excluding hydrogens is 262 g/mol. The van der Waals surface area contributed by atoms with Gasteiger partial charge in [0.25, 0.3) is 0 Å².